The molecule has 0 bridgehead atoms. The van der Waals surface area contributed by atoms with E-state index in [9.17, 15) is 4.79 Å². The fourth-order valence-corrected chi connectivity index (χ4v) is 2.18. The molecule has 0 N–H and O–H groups in total. The van der Waals surface area contributed by atoms with E-state index in [0.717, 1.165) is 31.5 Å². The molecule has 5 nitrogen and oxygen atoms in total. The minimum atomic E-state index is -0.294. The van der Waals surface area contributed by atoms with Gasteiger partial charge < -0.3 is 9.47 Å². The molecule has 1 aliphatic heterocycles. The lowest BCUT2D eigenvalue weighted by Crippen LogP contribution is -2.16. The van der Waals surface area contributed by atoms with E-state index in [2.05, 4.69) is 5.10 Å². The van der Waals surface area contributed by atoms with Gasteiger partial charge in [0.15, 0.2) is 0 Å². The zero-order valence-electron chi connectivity index (χ0n) is 9.94. The number of nitrogens with zero attached hydrogens (tertiary/aromatic N) is 2. The molecule has 92 valence electrons. The molecule has 0 aromatic carbocycles. The summed E-state index contributed by atoms with van der Waals surface area (Å²) < 4.78 is 12.5. The van der Waals surface area contributed by atoms with E-state index in [0.29, 0.717) is 30.6 Å². The zero-order valence-corrected chi connectivity index (χ0v) is 9.94. The van der Waals surface area contributed by atoms with Crippen LogP contribution in [0.1, 0.15) is 48.2 Å². The van der Waals surface area contributed by atoms with Crippen LogP contribution < -0.4 is 4.74 Å². The molecule has 2 aliphatic rings. The van der Waals surface area contributed by atoms with E-state index >= 15 is 0 Å². The Morgan fingerprint density at radius 1 is 1.59 bits per heavy atom. The maximum atomic E-state index is 12.0. The number of hydrogen-bond donors (Lipinski definition) is 0. The third-order valence-electron chi connectivity index (χ3n) is 3.13. The quantitative estimate of drug-likeness (QED) is 0.750. The van der Waals surface area contributed by atoms with E-state index in [1.54, 1.807) is 0 Å². The summed E-state index contributed by atoms with van der Waals surface area (Å²) >= 11 is 0. The average molecular weight is 236 g/mol. The van der Waals surface area contributed by atoms with E-state index in [-0.39, 0.29) is 5.97 Å². The first-order valence-corrected chi connectivity index (χ1v) is 6.22. The fraction of sp³-hybridized carbons (Fsp3) is 0.667. The van der Waals surface area contributed by atoms with Crippen molar-refractivity contribution in [2.45, 2.75) is 38.6 Å². The summed E-state index contributed by atoms with van der Waals surface area (Å²) in [6, 6.07) is 0. The molecular formula is C12H16N2O3. The van der Waals surface area contributed by atoms with E-state index in [1.807, 2.05) is 11.6 Å². The van der Waals surface area contributed by atoms with Crippen LogP contribution in [-0.2, 0) is 11.3 Å². The van der Waals surface area contributed by atoms with Crippen LogP contribution in [0.25, 0.3) is 0 Å². The van der Waals surface area contributed by atoms with Crippen LogP contribution in [0.4, 0.5) is 0 Å². The molecule has 0 spiro atoms. The third-order valence-corrected chi connectivity index (χ3v) is 3.13. The maximum absolute atomic E-state index is 12.0. The molecule has 17 heavy (non-hydrogen) atoms. The normalized spacial score (nSPS) is 18.4. The van der Waals surface area contributed by atoms with Gasteiger partial charge in [-0.3, -0.25) is 0 Å². The van der Waals surface area contributed by atoms with E-state index in [1.165, 1.54) is 0 Å². The molecule has 5 heteroatoms. The third kappa shape index (κ3) is 1.79. The Labute approximate surface area is 99.7 Å². The number of carbonyl (C=O) groups is 1. The average Bonchev–Trinajstić information content (AvgIpc) is 3.09. The Hall–Kier alpha value is -1.52. The van der Waals surface area contributed by atoms with Gasteiger partial charge in [-0.05, 0) is 19.8 Å². The topological polar surface area (TPSA) is 53.3 Å². The second-order valence-electron chi connectivity index (χ2n) is 4.49. The van der Waals surface area contributed by atoms with Crippen LogP contribution in [0, 0.1) is 0 Å². The van der Waals surface area contributed by atoms with Crippen molar-refractivity contribution in [3.8, 4) is 5.88 Å². The minimum Gasteiger partial charge on any atom is -0.477 e. The molecule has 0 saturated heterocycles. The molecule has 0 radical (unpaired) electrons. The molecule has 0 amide bonds. The second kappa shape index (κ2) is 4.05. The Kier molecular flexibility index (Phi) is 2.53. The van der Waals surface area contributed by atoms with Gasteiger partial charge >= 0.3 is 5.97 Å². The van der Waals surface area contributed by atoms with Crippen LogP contribution in [0.3, 0.4) is 0 Å². The summed E-state index contributed by atoms with van der Waals surface area (Å²) in [6.07, 6.45) is 3.17. The fourth-order valence-electron chi connectivity index (χ4n) is 2.18. The van der Waals surface area contributed by atoms with Crippen molar-refractivity contribution in [1.82, 2.24) is 9.78 Å². The van der Waals surface area contributed by atoms with Crippen LogP contribution in [0.5, 0.6) is 5.88 Å². The maximum Gasteiger partial charge on any atom is 0.345 e. The number of esters is 1. The molecule has 2 heterocycles. The molecule has 1 aromatic rings. The molecule has 1 fully saturated rings. The molecule has 0 unspecified atom stereocenters. The number of aromatic nitrogens is 2. The van der Waals surface area contributed by atoms with E-state index in [4.69, 9.17) is 9.47 Å². The molecule has 1 aliphatic carbocycles. The highest BCUT2D eigenvalue weighted by Gasteiger charge is 2.36. The number of rotatable bonds is 3. The second-order valence-corrected chi connectivity index (χ2v) is 4.49. The van der Waals surface area contributed by atoms with Crippen LogP contribution in [0.2, 0.25) is 0 Å². The van der Waals surface area contributed by atoms with Crippen molar-refractivity contribution < 1.29 is 14.3 Å². The minimum absolute atomic E-state index is 0.294. The highest BCUT2D eigenvalue weighted by molar-refractivity contribution is 5.93. The summed E-state index contributed by atoms with van der Waals surface area (Å²) in [4.78, 5) is 12.0. The lowest BCUT2D eigenvalue weighted by molar-refractivity contribution is 0.0518. The van der Waals surface area contributed by atoms with Gasteiger partial charge in [0.2, 0.25) is 5.88 Å². The summed E-state index contributed by atoms with van der Waals surface area (Å²) in [7, 11) is 0. The number of aryl methyl sites for hydroxylation is 1. The number of ether oxygens (including phenoxy) is 2. The number of fused-ring (bicyclic) bond motifs is 1. The Morgan fingerprint density at radius 2 is 2.41 bits per heavy atom. The predicted octanol–water partition coefficient (Wildman–Crippen LogP) is 1.72. The molecular weight excluding hydrogens is 220 g/mol. The zero-order chi connectivity index (χ0) is 11.8. The SMILES string of the molecule is CCOC(=O)c1c(C2CC2)nn2c1OCCC2. The van der Waals surface area contributed by atoms with Gasteiger partial charge in [0.05, 0.1) is 18.9 Å². The van der Waals surface area contributed by atoms with Gasteiger partial charge in [0, 0.05) is 18.9 Å². The van der Waals surface area contributed by atoms with Gasteiger partial charge in [-0.1, -0.05) is 0 Å². The molecule has 1 aromatic heterocycles. The van der Waals surface area contributed by atoms with Gasteiger partial charge in [-0.15, -0.1) is 0 Å². The number of hydrogen-bond acceptors (Lipinski definition) is 4. The van der Waals surface area contributed by atoms with Gasteiger partial charge in [0.1, 0.15) is 5.56 Å². The number of carbonyl (C=O) groups excluding carboxylic acids is 1. The summed E-state index contributed by atoms with van der Waals surface area (Å²) in [5.41, 5.74) is 1.44. The molecule has 3 rings (SSSR count). The van der Waals surface area contributed by atoms with Gasteiger partial charge in [-0.25, -0.2) is 9.48 Å². The highest BCUT2D eigenvalue weighted by atomic mass is 16.5. The predicted molar refractivity (Wildman–Crippen MR) is 60.3 cm³/mol. The summed E-state index contributed by atoms with van der Waals surface area (Å²) in [5.74, 6) is 0.741. The highest BCUT2D eigenvalue weighted by Crippen LogP contribution is 2.43. The Bertz CT molecular complexity index is 449. The molecule has 0 atom stereocenters. The van der Waals surface area contributed by atoms with Crippen molar-refractivity contribution in [3.63, 3.8) is 0 Å². The smallest absolute Gasteiger partial charge is 0.345 e. The summed E-state index contributed by atoms with van der Waals surface area (Å²) in [6.45, 7) is 3.68. The van der Waals surface area contributed by atoms with Crippen LogP contribution in [0.15, 0.2) is 0 Å². The largest absolute Gasteiger partial charge is 0.477 e. The first-order chi connectivity index (χ1) is 8.31. The monoisotopic (exact) mass is 236 g/mol. The summed E-state index contributed by atoms with van der Waals surface area (Å²) in [5, 5.41) is 4.51. The van der Waals surface area contributed by atoms with Crippen molar-refractivity contribution in [2.75, 3.05) is 13.2 Å². The van der Waals surface area contributed by atoms with E-state index < -0.39 is 0 Å². The lowest BCUT2D eigenvalue weighted by Gasteiger charge is -2.15. The standard InChI is InChI=1S/C12H16N2O3/c1-2-16-12(15)9-10(8-4-5-8)13-14-6-3-7-17-11(9)14/h8H,2-7H2,1H3. The van der Waals surface area contributed by atoms with Crippen LogP contribution in [-0.4, -0.2) is 29.0 Å². The van der Waals surface area contributed by atoms with Crippen LogP contribution >= 0.6 is 0 Å². The van der Waals surface area contributed by atoms with Crippen molar-refractivity contribution in [1.29, 1.82) is 0 Å². The molecule has 1 saturated carbocycles. The van der Waals surface area contributed by atoms with Crippen molar-refractivity contribution in [2.24, 2.45) is 0 Å². The Balaban J connectivity index is 2.02. The van der Waals surface area contributed by atoms with Crippen molar-refractivity contribution >= 4 is 5.97 Å². The van der Waals surface area contributed by atoms with Gasteiger partial charge in [0.25, 0.3) is 0 Å². The Morgan fingerprint density at radius 3 is 3.12 bits per heavy atom. The van der Waals surface area contributed by atoms with Gasteiger partial charge in [-0.2, -0.15) is 5.10 Å². The first kappa shape index (κ1) is 10.6. The first-order valence-electron chi connectivity index (χ1n) is 6.22. The van der Waals surface area contributed by atoms with Crippen molar-refractivity contribution in [3.05, 3.63) is 11.3 Å². The lowest BCUT2D eigenvalue weighted by atomic mass is 10.1.